The van der Waals surface area contributed by atoms with Gasteiger partial charge >= 0.3 is 0 Å². The minimum atomic E-state index is 0.103. The summed E-state index contributed by atoms with van der Waals surface area (Å²) < 4.78 is 0. The van der Waals surface area contributed by atoms with Gasteiger partial charge in [-0.25, -0.2) is 0 Å². The number of Topliss-reactive ketones (excluding diaryl/α,β-unsaturated/α-hetero) is 1. The Morgan fingerprint density at radius 3 is 2.71 bits per heavy atom. The van der Waals surface area contributed by atoms with Crippen LogP contribution in [-0.2, 0) is 19.6 Å². The molecule has 3 nitrogen and oxygen atoms in total. The van der Waals surface area contributed by atoms with E-state index in [4.69, 9.17) is 5.26 Å². The minimum absolute atomic E-state index is 0.103. The topological polar surface area (TPSA) is 44.1 Å². The number of nitriles is 1. The molecule has 0 fully saturated rings. The van der Waals surface area contributed by atoms with E-state index in [0.717, 1.165) is 36.3 Å². The van der Waals surface area contributed by atoms with E-state index < -0.39 is 0 Å². The zero-order chi connectivity index (χ0) is 14.8. The van der Waals surface area contributed by atoms with Crippen LogP contribution in [0.1, 0.15) is 39.5 Å². The molecule has 0 atom stereocenters. The maximum absolute atomic E-state index is 11.5. The fourth-order valence-electron chi connectivity index (χ4n) is 2.80. The maximum Gasteiger partial charge on any atom is 0.159 e. The second-order valence-corrected chi connectivity index (χ2v) is 5.45. The molecule has 2 aromatic rings. The summed E-state index contributed by atoms with van der Waals surface area (Å²) in [5.74, 6) is 0.103. The van der Waals surface area contributed by atoms with E-state index in [1.165, 1.54) is 11.1 Å². The number of rotatable bonds is 3. The fourth-order valence-corrected chi connectivity index (χ4v) is 2.80. The van der Waals surface area contributed by atoms with Crippen molar-refractivity contribution >= 4 is 5.78 Å². The first-order valence-corrected chi connectivity index (χ1v) is 7.00. The van der Waals surface area contributed by atoms with Crippen molar-refractivity contribution in [3.05, 3.63) is 70.3 Å². The molecule has 1 aliphatic heterocycles. The Bertz CT molecular complexity index is 743. The normalized spacial score (nSPS) is 13.7. The SMILES string of the molecule is CC(=O)c1ccc2c(c1)CN(Cc1ccccc1C#N)C2. The highest BCUT2D eigenvalue weighted by molar-refractivity contribution is 5.94. The third-order valence-electron chi connectivity index (χ3n) is 3.93. The zero-order valence-electron chi connectivity index (χ0n) is 12.0. The summed E-state index contributed by atoms with van der Waals surface area (Å²) in [5, 5.41) is 9.16. The molecule has 2 aromatic carbocycles. The predicted molar refractivity (Wildman–Crippen MR) is 80.6 cm³/mol. The Hall–Kier alpha value is -2.44. The van der Waals surface area contributed by atoms with Gasteiger partial charge in [-0.15, -0.1) is 0 Å². The van der Waals surface area contributed by atoms with Crippen LogP contribution < -0.4 is 0 Å². The van der Waals surface area contributed by atoms with Crippen molar-refractivity contribution in [1.82, 2.24) is 4.90 Å². The Kier molecular flexibility index (Phi) is 3.55. The molecule has 3 heteroatoms. The lowest BCUT2D eigenvalue weighted by molar-refractivity contribution is 0.101. The van der Waals surface area contributed by atoms with Crippen LogP contribution in [0.25, 0.3) is 0 Å². The molecule has 3 rings (SSSR count). The summed E-state index contributed by atoms with van der Waals surface area (Å²) in [7, 11) is 0. The van der Waals surface area contributed by atoms with Crippen molar-refractivity contribution < 1.29 is 4.79 Å². The summed E-state index contributed by atoms with van der Waals surface area (Å²) >= 11 is 0. The smallest absolute Gasteiger partial charge is 0.159 e. The van der Waals surface area contributed by atoms with Crippen LogP contribution in [0.3, 0.4) is 0 Å². The summed E-state index contributed by atoms with van der Waals surface area (Å²) in [6.45, 7) is 4.05. The molecule has 0 amide bonds. The number of hydrogen-bond donors (Lipinski definition) is 0. The predicted octanol–water partition coefficient (Wildman–Crippen LogP) is 3.28. The molecule has 0 bridgehead atoms. The van der Waals surface area contributed by atoms with Crippen LogP contribution >= 0.6 is 0 Å². The number of nitrogens with zero attached hydrogens (tertiary/aromatic N) is 2. The second-order valence-electron chi connectivity index (χ2n) is 5.45. The molecule has 0 saturated carbocycles. The van der Waals surface area contributed by atoms with E-state index in [-0.39, 0.29) is 5.78 Å². The highest BCUT2D eigenvalue weighted by Crippen LogP contribution is 2.26. The lowest BCUT2D eigenvalue weighted by Gasteiger charge is -2.15. The van der Waals surface area contributed by atoms with Crippen LogP contribution in [0.5, 0.6) is 0 Å². The molecule has 21 heavy (non-hydrogen) atoms. The first kappa shape index (κ1) is 13.5. The number of carbonyl (C=O) groups excluding carboxylic acids is 1. The van der Waals surface area contributed by atoms with Gasteiger partial charge in [0.25, 0.3) is 0 Å². The molecule has 0 radical (unpaired) electrons. The molecular weight excluding hydrogens is 260 g/mol. The lowest BCUT2D eigenvalue weighted by Crippen LogP contribution is -2.16. The van der Waals surface area contributed by atoms with Crippen LogP contribution in [-0.4, -0.2) is 10.7 Å². The Balaban J connectivity index is 1.79. The van der Waals surface area contributed by atoms with Gasteiger partial charge in [-0.2, -0.15) is 5.26 Å². The summed E-state index contributed by atoms with van der Waals surface area (Å²) in [6, 6.07) is 15.9. The number of fused-ring (bicyclic) bond motifs is 1. The molecule has 1 heterocycles. The van der Waals surface area contributed by atoms with Crippen molar-refractivity contribution in [3.63, 3.8) is 0 Å². The van der Waals surface area contributed by atoms with E-state index in [0.29, 0.717) is 0 Å². The molecule has 0 spiro atoms. The van der Waals surface area contributed by atoms with Crippen LogP contribution in [0, 0.1) is 11.3 Å². The average Bonchev–Trinajstić information content (AvgIpc) is 2.89. The van der Waals surface area contributed by atoms with Gasteiger partial charge in [0.15, 0.2) is 5.78 Å². The molecular formula is C18H16N2O. The van der Waals surface area contributed by atoms with Gasteiger partial charge in [0.2, 0.25) is 0 Å². The second kappa shape index (κ2) is 5.51. The van der Waals surface area contributed by atoms with Crippen LogP contribution in [0.4, 0.5) is 0 Å². The van der Waals surface area contributed by atoms with Crippen molar-refractivity contribution in [2.24, 2.45) is 0 Å². The molecule has 0 N–H and O–H groups in total. The summed E-state index contributed by atoms with van der Waals surface area (Å²) in [6.07, 6.45) is 0. The highest BCUT2D eigenvalue weighted by Gasteiger charge is 2.20. The first-order valence-electron chi connectivity index (χ1n) is 7.00. The van der Waals surface area contributed by atoms with E-state index in [2.05, 4.69) is 11.0 Å². The van der Waals surface area contributed by atoms with Gasteiger partial charge in [-0.1, -0.05) is 30.3 Å². The molecule has 0 aliphatic carbocycles. The number of carbonyl (C=O) groups is 1. The van der Waals surface area contributed by atoms with Crippen molar-refractivity contribution in [2.45, 2.75) is 26.6 Å². The van der Waals surface area contributed by atoms with Crippen LogP contribution in [0.15, 0.2) is 42.5 Å². The zero-order valence-corrected chi connectivity index (χ0v) is 12.0. The molecule has 104 valence electrons. The third-order valence-corrected chi connectivity index (χ3v) is 3.93. The van der Waals surface area contributed by atoms with Gasteiger partial charge < -0.3 is 0 Å². The van der Waals surface area contributed by atoms with Crippen LogP contribution in [0.2, 0.25) is 0 Å². The van der Waals surface area contributed by atoms with Crippen molar-refractivity contribution in [2.75, 3.05) is 0 Å². The first-order chi connectivity index (χ1) is 10.2. The molecule has 1 aliphatic rings. The molecule has 0 unspecified atom stereocenters. The number of ketones is 1. The minimum Gasteiger partial charge on any atom is -0.295 e. The van der Waals surface area contributed by atoms with Gasteiger partial charge in [0.1, 0.15) is 0 Å². The molecule has 0 saturated heterocycles. The van der Waals surface area contributed by atoms with E-state index in [1.54, 1.807) is 6.92 Å². The highest BCUT2D eigenvalue weighted by atomic mass is 16.1. The monoisotopic (exact) mass is 276 g/mol. The Morgan fingerprint density at radius 2 is 1.95 bits per heavy atom. The van der Waals surface area contributed by atoms with E-state index in [1.807, 2.05) is 42.5 Å². The largest absolute Gasteiger partial charge is 0.295 e. The average molecular weight is 276 g/mol. The summed E-state index contributed by atoms with van der Waals surface area (Å²) in [5.41, 5.74) is 5.05. The molecule has 0 aromatic heterocycles. The van der Waals surface area contributed by atoms with Gasteiger partial charge in [0, 0.05) is 25.2 Å². The Morgan fingerprint density at radius 1 is 1.19 bits per heavy atom. The Labute approximate surface area is 124 Å². The fraction of sp³-hybridized carbons (Fsp3) is 0.222. The van der Waals surface area contributed by atoms with E-state index >= 15 is 0 Å². The maximum atomic E-state index is 11.5. The summed E-state index contributed by atoms with van der Waals surface area (Å²) in [4.78, 5) is 13.7. The number of benzene rings is 2. The van der Waals surface area contributed by atoms with Gasteiger partial charge in [-0.05, 0) is 35.7 Å². The van der Waals surface area contributed by atoms with Crippen molar-refractivity contribution in [1.29, 1.82) is 5.26 Å². The quantitative estimate of drug-likeness (QED) is 0.808. The lowest BCUT2D eigenvalue weighted by atomic mass is 10.0. The third kappa shape index (κ3) is 2.72. The van der Waals surface area contributed by atoms with Gasteiger partial charge in [-0.3, -0.25) is 9.69 Å². The number of hydrogen-bond acceptors (Lipinski definition) is 3. The van der Waals surface area contributed by atoms with Crippen molar-refractivity contribution in [3.8, 4) is 6.07 Å². The van der Waals surface area contributed by atoms with Gasteiger partial charge in [0.05, 0.1) is 11.6 Å². The van der Waals surface area contributed by atoms with E-state index in [9.17, 15) is 4.79 Å². The standard InChI is InChI=1S/C18H16N2O/c1-13(21)14-6-7-17-11-20(12-18(17)8-14)10-16-5-3-2-4-15(16)9-19/h2-8H,10-12H2,1H3.